The Morgan fingerprint density at radius 3 is 2.71 bits per heavy atom. The number of anilines is 2. The van der Waals surface area contributed by atoms with Crippen LogP contribution in [0.3, 0.4) is 0 Å². The summed E-state index contributed by atoms with van der Waals surface area (Å²) in [5.41, 5.74) is 0. The van der Waals surface area contributed by atoms with Gasteiger partial charge in [0, 0.05) is 20.6 Å². The lowest BCUT2D eigenvalue weighted by Gasteiger charge is -2.19. The van der Waals surface area contributed by atoms with Crippen LogP contribution in [0, 0.1) is 0 Å². The Labute approximate surface area is 84.1 Å². The molecule has 0 aliphatic rings. The molecule has 0 bridgehead atoms. The molecule has 0 aromatic carbocycles. The molecule has 0 radical (unpaired) electrons. The molecular formula is C9H16N4O. The second-order valence-electron chi connectivity index (χ2n) is 2.84. The van der Waals surface area contributed by atoms with E-state index in [0.29, 0.717) is 11.6 Å². The molecule has 1 N–H and O–H groups in total. The maximum atomic E-state index is 5.26. The number of aromatic nitrogens is 2. The molecule has 1 rings (SSSR count). The Kier molecular flexibility index (Phi) is 3.50. The van der Waals surface area contributed by atoms with E-state index < -0.39 is 0 Å². The SMILES string of the molecule is CCN(C)c1ncnc(NC)c1OC. The van der Waals surface area contributed by atoms with Gasteiger partial charge in [-0.05, 0) is 6.92 Å². The molecule has 0 spiro atoms. The monoisotopic (exact) mass is 196 g/mol. The van der Waals surface area contributed by atoms with Gasteiger partial charge >= 0.3 is 0 Å². The normalized spacial score (nSPS) is 9.71. The molecule has 0 amide bonds. The Morgan fingerprint density at radius 2 is 2.21 bits per heavy atom. The van der Waals surface area contributed by atoms with Crippen molar-refractivity contribution in [2.75, 3.05) is 38.0 Å². The number of nitrogens with zero attached hydrogens (tertiary/aromatic N) is 3. The van der Waals surface area contributed by atoms with Crippen LogP contribution in [0.25, 0.3) is 0 Å². The zero-order valence-electron chi connectivity index (χ0n) is 9.03. The van der Waals surface area contributed by atoms with Crippen LogP contribution in [0.15, 0.2) is 6.33 Å². The predicted octanol–water partition coefficient (Wildman–Crippen LogP) is 0.983. The van der Waals surface area contributed by atoms with Crippen molar-refractivity contribution in [3.63, 3.8) is 0 Å². The van der Waals surface area contributed by atoms with Crippen molar-refractivity contribution in [2.45, 2.75) is 6.92 Å². The number of rotatable bonds is 4. The largest absolute Gasteiger partial charge is 0.490 e. The van der Waals surface area contributed by atoms with Crippen LogP contribution in [-0.4, -0.2) is 37.7 Å². The van der Waals surface area contributed by atoms with Gasteiger partial charge in [-0.2, -0.15) is 0 Å². The average molecular weight is 196 g/mol. The highest BCUT2D eigenvalue weighted by molar-refractivity contribution is 5.64. The Bertz CT molecular complexity index is 303. The summed E-state index contributed by atoms with van der Waals surface area (Å²) in [6.07, 6.45) is 1.52. The Balaban J connectivity index is 3.14. The lowest BCUT2D eigenvalue weighted by molar-refractivity contribution is 0.413. The molecule has 0 aliphatic carbocycles. The van der Waals surface area contributed by atoms with E-state index in [1.54, 1.807) is 14.2 Å². The molecule has 14 heavy (non-hydrogen) atoms. The highest BCUT2D eigenvalue weighted by Gasteiger charge is 2.13. The highest BCUT2D eigenvalue weighted by Crippen LogP contribution is 2.30. The van der Waals surface area contributed by atoms with E-state index in [-0.39, 0.29) is 0 Å². The lowest BCUT2D eigenvalue weighted by atomic mass is 10.4. The third-order valence-corrected chi connectivity index (χ3v) is 2.06. The minimum atomic E-state index is 0.680. The van der Waals surface area contributed by atoms with Crippen molar-refractivity contribution in [2.24, 2.45) is 0 Å². The summed E-state index contributed by atoms with van der Waals surface area (Å²) < 4.78 is 5.26. The summed E-state index contributed by atoms with van der Waals surface area (Å²) in [5, 5.41) is 2.96. The minimum Gasteiger partial charge on any atom is -0.490 e. The van der Waals surface area contributed by atoms with Crippen LogP contribution < -0.4 is 15.0 Å². The van der Waals surface area contributed by atoms with E-state index in [1.165, 1.54) is 6.33 Å². The first-order valence-electron chi connectivity index (χ1n) is 4.52. The molecule has 0 saturated heterocycles. The maximum absolute atomic E-state index is 5.26. The number of nitrogens with one attached hydrogen (secondary N) is 1. The average Bonchev–Trinajstić information content (AvgIpc) is 2.26. The van der Waals surface area contributed by atoms with Gasteiger partial charge < -0.3 is 15.0 Å². The molecule has 0 aliphatic heterocycles. The van der Waals surface area contributed by atoms with Gasteiger partial charge in [0.2, 0.25) is 5.75 Å². The summed E-state index contributed by atoms with van der Waals surface area (Å²) in [6.45, 7) is 2.93. The molecule has 0 atom stereocenters. The van der Waals surface area contributed by atoms with Gasteiger partial charge in [0.25, 0.3) is 0 Å². The molecule has 0 fully saturated rings. The summed E-state index contributed by atoms with van der Waals surface area (Å²) >= 11 is 0. The third kappa shape index (κ3) is 1.86. The Morgan fingerprint density at radius 1 is 1.50 bits per heavy atom. The van der Waals surface area contributed by atoms with Crippen molar-refractivity contribution in [3.05, 3.63) is 6.33 Å². The zero-order chi connectivity index (χ0) is 10.6. The smallest absolute Gasteiger partial charge is 0.204 e. The standard InChI is InChI=1S/C9H16N4O/c1-5-13(3)9-7(14-4)8(10-2)11-6-12-9/h6H,5H2,1-4H3,(H,10,11,12). The summed E-state index contributed by atoms with van der Waals surface area (Å²) in [7, 11) is 5.39. The van der Waals surface area contributed by atoms with E-state index >= 15 is 0 Å². The van der Waals surface area contributed by atoms with Crippen LogP contribution in [0.2, 0.25) is 0 Å². The molecule has 0 unspecified atom stereocenters. The fraction of sp³-hybridized carbons (Fsp3) is 0.556. The van der Waals surface area contributed by atoms with Gasteiger partial charge in [0.1, 0.15) is 6.33 Å². The number of methoxy groups -OCH3 is 1. The van der Waals surface area contributed by atoms with Crippen LogP contribution in [0.1, 0.15) is 6.92 Å². The van der Waals surface area contributed by atoms with E-state index in [4.69, 9.17) is 4.74 Å². The number of hydrogen-bond acceptors (Lipinski definition) is 5. The van der Waals surface area contributed by atoms with Crippen LogP contribution in [0.5, 0.6) is 5.75 Å². The summed E-state index contributed by atoms with van der Waals surface area (Å²) in [5.74, 6) is 2.19. The Hall–Kier alpha value is -1.52. The van der Waals surface area contributed by atoms with Crippen molar-refractivity contribution in [1.29, 1.82) is 0 Å². The predicted molar refractivity (Wildman–Crippen MR) is 57.1 cm³/mol. The molecule has 1 aromatic rings. The molecule has 78 valence electrons. The van der Waals surface area contributed by atoms with E-state index in [1.807, 2.05) is 11.9 Å². The topological polar surface area (TPSA) is 50.3 Å². The quantitative estimate of drug-likeness (QED) is 0.778. The summed E-state index contributed by atoms with van der Waals surface area (Å²) in [6, 6.07) is 0. The first-order valence-corrected chi connectivity index (χ1v) is 4.52. The molecule has 5 nitrogen and oxygen atoms in total. The molecule has 1 heterocycles. The van der Waals surface area contributed by atoms with Crippen molar-refractivity contribution < 1.29 is 4.74 Å². The first-order chi connectivity index (χ1) is 6.74. The van der Waals surface area contributed by atoms with Gasteiger partial charge in [-0.3, -0.25) is 0 Å². The lowest BCUT2D eigenvalue weighted by Crippen LogP contribution is -2.18. The van der Waals surface area contributed by atoms with Gasteiger partial charge in [-0.15, -0.1) is 0 Å². The summed E-state index contributed by atoms with van der Waals surface area (Å²) in [4.78, 5) is 10.3. The molecule has 1 aromatic heterocycles. The van der Waals surface area contributed by atoms with E-state index in [9.17, 15) is 0 Å². The van der Waals surface area contributed by atoms with Gasteiger partial charge in [-0.25, -0.2) is 9.97 Å². The maximum Gasteiger partial charge on any atom is 0.204 e. The van der Waals surface area contributed by atoms with Gasteiger partial charge in [0.05, 0.1) is 7.11 Å². The van der Waals surface area contributed by atoms with E-state index in [2.05, 4.69) is 22.2 Å². The van der Waals surface area contributed by atoms with Crippen molar-refractivity contribution >= 4 is 11.6 Å². The second-order valence-corrected chi connectivity index (χ2v) is 2.84. The number of hydrogen-bond donors (Lipinski definition) is 1. The van der Waals surface area contributed by atoms with Crippen LogP contribution in [0.4, 0.5) is 11.6 Å². The van der Waals surface area contributed by atoms with Gasteiger partial charge in [0.15, 0.2) is 11.6 Å². The van der Waals surface area contributed by atoms with Gasteiger partial charge in [-0.1, -0.05) is 0 Å². The van der Waals surface area contributed by atoms with Crippen LogP contribution >= 0.6 is 0 Å². The molecule has 5 heteroatoms. The zero-order valence-corrected chi connectivity index (χ0v) is 9.03. The van der Waals surface area contributed by atoms with Crippen LogP contribution in [-0.2, 0) is 0 Å². The fourth-order valence-electron chi connectivity index (χ4n) is 1.15. The highest BCUT2D eigenvalue weighted by atomic mass is 16.5. The first kappa shape index (κ1) is 10.6. The van der Waals surface area contributed by atoms with E-state index in [0.717, 1.165) is 12.4 Å². The molecular weight excluding hydrogens is 180 g/mol. The van der Waals surface area contributed by atoms with Crippen molar-refractivity contribution in [3.8, 4) is 5.75 Å². The van der Waals surface area contributed by atoms with Crippen molar-refractivity contribution in [1.82, 2.24) is 9.97 Å². The molecule has 0 saturated carbocycles. The second kappa shape index (κ2) is 4.64. The third-order valence-electron chi connectivity index (χ3n) is 2.06. The number of ether oxygens (including phenoxy) is 1. The minimum absolute atomic E-state index is 0.680. The fourth-order valence-corrected chi connectivity index (χ4v) is 1.15.